The minimum atomic E-state index is 0.737. The fourth-order valence-electron chi connectivity index (χ4n) is 1.56. The second-order valence-electron chi connectivity index (χ2n) is 4.10. The Balaban J connectivity index is 3.19. The Hall–Kier alpha value is -0.720. The van der Waals surface area contributed by atoms with E-state index in [1.807, 2.05) is 0 Å². The Morgan fingerprint density at radius 3 is 2.14 bits per heavy atom. The second-order valence-corrected chi connectivity index (χ2v) is 4.10. The highest BCUT2D eigenvalue weighted by Crippen LogP contribution is 2.14. The van der Waals surface area contributed by atoms with Gasteiger partial charge in [-0.1, -0.05) is 57.8 Å². The molecule has 0 amide bonds. The number of nitrogens with two attached hydrogens (primary N) is 1. The minimum absolute atomic E-state index is 0.737. The van der Waals surface area contributed by atoms with Crippen LogP contribution in [-0.4, -0.2) is 0 Å². The first-order valence-corrected chi connectivity index (χ1v) is 5.76. The summed E-state index contributed by atoms with van der Waals surface area (Å²) in [5, 5.41) is 0. The normalized spacial score (nSPS) is 10.1. The van der Waals surface area contributed by atoms with Gasteiger partial charge >= 0.3 is 0 Å². The highest BCUT2D eigenvalue weighted by atomic mass is 14.6. The summed E-state index contributed by atoms with van der Waals surface area (Å²) in [6, 6.07) is 0. The molecule has 0 bridgehead atoms. The van der Waals surface area contributed by atoms with Crippen LogP contribution in [0.4, 0.5) is 0 Å². The van der Waals surface area contributed by atoms with Gasteiger partial charge in [-0.3, -0.25) is 0 Å². The van der Waals surface area contributed by atoms with Crippen molar-refractivity contribution in [3.63, 3.8) is 0 Å². The molecular formula is C13H25N. The van der Waals surface area contributed by atoms with E-state index in [9.17, 15) is 0 Å². The smallest absolute Gasteiger partial charge is 0.00708 e. The molecule has 0 aromatic heterocycles. The molecule has 0 saturated carbocycles. The van der Waals surface area contributed by atoms with E-state index in [-0.39, 0.29) is 0 Å². The Kier molecular flexibility index (Phi) is 8.40. The van der Waals surface area contributed by atoms with E-state index in [2.05, 4.69) is 20.1 Å². The summed E-state index contributed by atoms with van der Waals surface area (Å²) in [4.78, 5) is 0. The monoisotopic (exact) mass is 195 g/mol. The standard InChI is InChI=1S/C13H25N/c1-4-5-6-7-8-9-10-12(2)11-13(3)14/h2-11,14H2,1H3. The van der Waals surface area contributed by atoms with Crippen LogP contribution in [0, 0.1) is 0 Å². The van der Waals surface area contributed by atoms with Crippen LogP contribution in [0.5, 0.6) is 0 Å². The van der Waals surface area contributed by atoms with Crippen molar-refractivity contribution in [2.45, 2.75) is 58.3 Å². The maximum atomic E-state index is 5.51. The van der Waals surface area contributed by atoms with Gasteiger partial charge in [0.2, 0.25) is 0 Å². The molecule has 0 unspecified atom stereocenters. The van der Waals surface area contributed by atoms with Gasteiger partial charge in [0.05, 0.1) is 0 Å². The summed E-state index contributed by atoms with van der Waals surface area (Å²) >= 11 is 0. The summed E-state index contributed by atoms with van der Waals surface area (Å²) < 4.78 is 0. The van der Waals surface area contributed by atoms with Crippen molar-refractivity contribution in [3.8, 4) is 0 Å². The van der Waals surface area contributed by atoms with Crippen LogP contribution in [0.25, 0.3) is 0 Å². The van der Waals surface area contributed by atoms with Crippen molar-refractivity contribution in [2.24, 2.45) is 5.73 Å². The van der Waals surface area contributed by atoms with Crippen LogP contribution in [0.3, 0.4) is 0 Å². The van der Waals surface area contributed by atoms with Gasteiger partial charge < -0.3 is 5.73 Å². The number of rotatable bonds is 9. The van der Waals surface area contributed by atoms with Crippen LogP contribution in [0.1, 0.15) is 58.3 Å². The van der Waals surface area contributed by atoms with E-state index in [0.29, 0.717) is 0 Å². The van der Waals surface area contributed by atoms with Gasteiger partial charge in [0.25, 0.3) is 0 Å². The van der Waals surface area contributed by atoms with Crippen LogP contribution in [-0.2, 0) is 0 Å². The third-order valence-corrected chi connectivity index (χ3v) is 2.36. The van der Waals surface area contributed by atoms with Crippen molar-refractivity contribution in [1.82, 2.24) is 0 Å². The lowest BCUT2D eigenvalue weighted by Gasteiger charge is -2.04. The first-order chi connectivity index (χ1) is 6.66. The molecule has 0 aliphatic heterocycles. The molecule has 0 heterocycles. The van der Waals surface area contributed by atoms with E-state index in [1.54, 1.807) is 0 Å². The van der Waals surface area contributed by atoms with Crippen LogP contribution >= 0.6 is 0 Å². The van der Waals surface area contributed by atoms with E-state index in [4.69, 9.17) is 5.73 Å². The topological polar surface area (TPSA) is 26.0 Å². The molecule has 82 valence electrons. The van der Waals surface area contributed by atoms with Crippen molar-refractivity contribution in [2.75, 3.05) is 0 Å². The Morgan fingerprint density at radius 2 is 1.57 bits per heavy atom. The molecule has 0 aliphatic carbocycles. The molecule has 0 spiro atoms. The van der Waals surface area contributed by atoms with Crippen molar-refractivity contribution in [3.05, 3.63) is 24.4 Å². The molecular weight excluding hydrogens is 170 g/mol. The lowest BCUT2D eigenvalue weighted by atomic mass is 10.0. The summed E-state index contributed by atoms with van der Waals surface area (Å²) in [6.45, 7) is 9.91. The van der Waals surface area contributed by atoms with Gasteiger partial charge in [-0.2, -0.15) is 0 Å². The van der Waals surface area contributed by atoms with Crippen molar-refractivity contribution >= 4 is 0 Å². The SMILES string of the molecule is C=C(N)CC(=C)CCCCCCCC. The highest BCUT2D eigenvalue weighted by molar-refractivity contribution is 5.05. The number of unbranched alkanes of at least 4 members (excludes halogenated alkanes) is 5. The molecule has 0 rings (SSSR count). The van der Waals surface area contributed by atoms with E-state index >= 15 is 0 Å². The van der Waals surface area contributed by atoms with Crippen LogP contribution in [0.2, 0.25) is 0 Å². The van der Waals surface area contributed by atoms with Crippen molar-refractivity contribution < 1.29 is 0 Å². The fourth-order valence-corrected chi connectivity index (χ4v) is 1.56. The van der Waals surface area contributed by atoms with Crippen LogP contribution < -0.4 is 5.73 Å². The molecule has 2 N–H and O–H groups in total. The molecule has 0 aromatic rings. The molecule has 0 atom stereocenters. The lowest BCUT2D eigenvalue weighted by Crippen LogP contribution is -1.96. The van der Waals surface area contributed by atoms with Gasteiger partial charge in [-0.15, -0.1) is 0 Å². The van der Waals surface area contributed by atoms with Gasteiger partial charge in [-0.25, -0.2) is 0 Å². The zero-order chi connectivity index (χ0) is 10.8. The van der Waals surface area contributed by atoms with Crippen molar-refractivity contribution in [1.29, 1.82) is 0 Å². The summed E-state index contributed by atoms with van der Waals surface area (Å²) in [5.41, 5.74) is 7.47. The largest absolute Gasteiger partial charge is 0.402 e. The van der Waals surface area contributed by atoms with E-state index in [0.717, 1.165) is 18.5 Å². The maximum absolute atomic E-state index is 5.51. The third kappa shape index (κ3) is 9.37. The van der Waals surface area contributed by atoms with Gasteiger partial charge in [0.15, 0.2) is 0 Å². The predicted octanol–water partition coefficient (Wildman–Crippen LogP) is 4.16. The van der Waals surface area contributed by atoms with Gasteiger partial charge in [-0.05, 0) is 12.8 Å². The summed E-state index contributed by atoms with van der Waals surface area (Å²) in [7, 11) is 0. The number of hydrogen-bond acceptors (Lipinski definition) is 1. The molecule has 0 fully saturated rings. The molecule has 0 aromatic carbocycles. The molecule has 1 heteroatoms. The summed E-state index contributed by atoms with van der Waals surface area (Å²) in [6.07, 6.45) is 9.95. The highest BCUT2D eigenvalue weighted by Gasteiger charge is 1.96. The minimum Gasteiger partial charge on any atom is -0.402 e. The molecule has 0 aliphatic rings. The van der Waals surface area contributed by atoms with Gasteiger partial charge in [0, 0.05) is 12.1 Å². The lowest BCUT2D eigenvalue weighted by molar-refractivity contribution is 0.604. The zero-order valence-electron chi connectivity index (χ0n) is 9.65. The van der Waals surface area contributed by atoms with E-state index < -0.39 is 0 Å². The third-order valence-electron chi connectivity index (χ3n) is 2.36. The molecule has 0 radical (unpaired) electrons. The number of allylic oxidation sites excluding steroid dienone is 1. The average Bonchev–Trinajstić information content (AvgIpc) is 2.10. The summed E-state index contributed by atoms with van der Waals surface area (Å²) in [5.74, 6) is 0. The average molecular weight is 195 g/mol. The maximum Gasteiger partial charge on any atom is 0.00708 e. The second kappa shape index (κ2) is 8.86. The first-order valence-electron chi connectivity index (χ1n) is 5.76. The molecule has 14 heavy (non-hydrogen) atoms. The molecule has 1 nitrogen and oxygen atoms in total. The molecule has 0 saturated heterocycles. The Bertz CT molecular complexity index is 170. The first kappa shape index (κ1) is 13.3. The van der Waals surface area contributed by atoms with Gasteiger partial charge in [0.1, 0.15) is 0 Å². The quantitative estimate of drug-likeness (QED) is 0.434. The zero-order valence-corrected chi connectivity index (χ0v) is 9.65. The Morgan fingerprint density at radius 1 is 1.00 bits per heavy atom. The Labute approximate surface area is 89.1 Å². The fraction of sp³-hybridized carbons (Fsp3) is 0.692. The predicted molar refractivity (Wildman–Crippen MR) is 65.1 cm³/mol. The van der Waals surface area contributed by atoms with Crippen LogP contribution in [0.15, 0.2) is 24.4 Å². The van der Waals surface area contributed by atoms with E-state index in [1.165, 1.54) is 44.1 Å². The number of hydrogen-bond donors (Lipinski definition) is 1.